The first-order chi connectivity index (χ1) is 7.65. The zero-order valence-electron chi connectivity index (χ0n) is 8.48. The van der Waals surface area contributed by atoms with Crippen LogP contribution in [-0.2, 0) is 4.74 Å². The summed E-state index contributed by atoms with van der Waals surface area (Å²) in [6, 6.07) is 4.65. The van der Waals surface area contributed by atoms with Gasteiger partial charge < -0.3 is 14.8 Å². The van der Waals surface area contributed by atoms with Crippen LogP contribution < -0.4 is 0 Å². The molecular weight excluding hydrogens is 210 g/mol. The summed E-state index contributed by atoms with van der Waals surface area (Å²) in [4.78, 5) is 25.4. The smallest absolute Gasteiger partial charge is 0.339 e. The summed E-state index contributed by atoms with van der Waals surface area (Å²) in [5.41, 5.74) is 0.720. The molecule has 0 aliphatic heterocycles. The Kier molecular flexibility index (Phi) is 2.36. The normalized spacial score (nSPS) is 10.3. The highest BCUT2D eigenvalue weighted by atomic mass is 16.5. The van der Waals surface area contributed by atoms with Gasteiger partial charge >= 0.3 is 11.9 Å². The van der Waals surface area contributed by atoms with Crippen LogP contribution in [0.2, 0.25) is 0 Å². The molecule has 2 aromatic rings. The van der Waals surface area contributed by atoms with Gasteiger partial charge in [-0.3, -0.25) is 0 Å². The number of fused-ring (bicyclic) bond motifs is 1. The summed E-state index contributed by atoms with van der Waals surface area (Å²) < 4.78 is 4.59. The third-order valence-corrected chi connectivity index (χ3v) is 2.35. The Labute approximate surface area is 90.6 Å². The second-order valence-electron chi connectivity index (χ2n) is 3.22. The lowest BCUT2D eigenvalue weighted by atomic mass is 10.0. The monoisotopic (exact) mass is 219 g/mol. The maximum atomic E-state index is 11.6. The van der Waals surface area contributed by atoms with Crippen LogP contribution in [-0.4, -0.2) is 29.1 Å². The van der Waals surface area contributed by atoms with E-state index in [2.05, 4.69) is 9.72 Å². The van der Waals surface area contributed by atoms with E-state index >= 15 is 0 Å². The third kappa shape index (κ3) is 1.42. The SMILES string of the molecule is COC(=O)c1c(C(=O)O)ccc2[nH]ccc12. The van der Waals surface area contributed by atoms with E-state index in [4.69, 9.17) is 5.11 Å². The molecule has 0 saturated heterocycles. The summed E-state index contributed by atoms with van der Waals surface area (Å²) in [7, 11) is 1.22. The molecule has 2 rings (SSSR count). The fourth-order valence-electron chi connectivity index (χ4n) is 1.63. The fourth-order valence-corrected chi connectivity index (χ4v) is 1.63. The number of carboxylic acids is 1. The van der Waals surface area contributed by atoms with E-state index in [0.29, 0.717) is 10.9 Å². The van der Waals surface area contributed by atoms with Gasteiger partial charge in [0.05, 0.1) is 18.2 Å². The number of nitrogens with one attached hydrogen (secondary N) is 1. The average molecular weight is 219 g/mol. The van der Waals surface area contributed by atoms with Gasteiger partial charge in [0.1, 0.15) is 0 Å². The number of aromatic carboxylic acids is 1. The molecule has 82 valence electrons. The summed E-state index contributed by atoms with van der Waals surface area (Å²) >= 11 is 0. The molecule has 0 fully saturated rings. The van der Waals surface area contributed by atoms with E-state index in [1.807, 2.05) is 0 Å². The first kappa shape index (κ1) is 10.2. The van der Waals surface area contributed by atoms with Gasteiger partial charge in [0.15, 0.2) is 0 Å². The number of hydrogen-bond acceptors (Lipinski definition) is 3. The lowest BCUT2D eigenvalue weighted by molar-refractivity contribution is 0.0585. The molecule has 0 aliphatic rings. The highest BCUT2D eigenvalue weighted by molar-refractivity contribution is 6.11. The number of aromatic amines is 1. The largest absolute Gasteiger partial charge is 0.478 e. The van der Waals surface area contributed by atoms with Crippen LogP contribution in [0.4, 0.5) is 0 Å². The minimum absolute atomic E-state index is 0.0565. The molecule has 0 aliphatic carbocycles. The second kappa shape index (κ2) is 3.69. The number of hydrogen-bond donors (Lipinski definition) is 2. The van der Waals surface area contributed by atoms with Crippen LogP contribution >= 0.6 is 0 Å². The van der Waals surface area contributed by atoms with Crippen molar-refractivity contribution in [3.8, 4) is 0 Å². The van der Waals surface area contributed by atoms with Crippen molar-refractivity contribution in [3.05, 3.63) is 35.5 Å². The molecule has 0 saturated carbocycles. The predicted octanol–water partition coefficient (Wildman–Crippen LogP) is 1.65. The van der Waals surface area contributed by atoms with Crippen molar-refractivity contribution in [1.82, 2.24) is 4.98 Å². The first-order valence-electron chi connectivity index (χ1n) is 4.57. The van der Waals surface area contributed by atoms with Crippen molar-refractivity contribution < 1.29 is 19.4 Å². The fraction of sp³-hybridized carbons (Fsp3) is 0.0909. The second-order valence-corrected chi connectivity index (χ2v) is 3.22. The van der Waals surface area contributed by atoms with E-state index in [1.165, 1.54) is 13.2 Å². The number of benzene rings is 1. The van der Waals surface area contributed by atoms with Crippen LogP contribution in [0.3, 0.4) is 0 Å². The Hall–Kier alpha value is -2.30. The first-order valence-corrected chi connectivity index (χ1v) is 4.57. The maximum Gasteiger partial charge on any atom is 0.339 e. The van der Waals surface area contributed by atoms with Gasteiger partial charge in [0.2, 0.25) is 0 Å². The van der Waals surface area contributed by atoms with Gasteiger partial charge in [-0.2, -0.15) is 0 Å². The van der Waals surface area contributed by atoms with Gasteiger partial charge in [-0.15, -0.1) is 0 Å². The predicted molar refractivity (Wildman–Crippen MR) is 56.6 cm³/mol. The van der Waals surface area contributed by atoms with Crippen molar-refractivity contribution in [3.63, 3.8) is 0 Å². The molecule has 0 atom stereocenters. The van der Waals surface area contributed by atoms with Crippen molar-refractivity contribution in [1.29, 1.82) is 0 Å². The van der Waals surface area contributed by atoms with Gasteiger partial charge in [0.25, 0.3) is 0 Å². The highest BCUT2D eigenvalue weighted by Gasteiger charge is 2.20. The summed E-state index contributed by atoms with van der Waals surface area (Å²) in [5.74, 6) is -1.80. The zero-order valence-corrected chi connectivity index (χ0v) is 8.48. The maximum absolute atomic E-state index is 11.6. The number of aromatic nitrogens is 1. The average Bonchev–Trinajstić information content (AvgIpc) is 2.74. The molecule has 1 aromatic heterocycles. The van der Waals surface area contributed by atoms with E-state index < -0.39 is 11.9 Å². The van der Waals surface area contributed by atoms with Gasteiger partial charge in [-0.25, -0.2) is 9.59 Å². The highest BCUT2D eigenvalue weighted by Crippen LogP contribution is 2.22. The van der Waals surface area contributed by atoms with E-state index in [9.17, 15) is 9.59 Å². The van der Waals surface area contributed by atoms with E-state index in [0.717, 1.165) is 0 Å². The van der Waals surface area contributed by atoms with Crippen molar-refractivity contribution in [2.45, 2.75) is 0 Å². The number of methoxy groups -OCH3 is 1. The molecule has 2 N–H and O–H groups in total. The van der Waals surface area contributed by atoms with Crippen LogP contribution in [0.25, 0.3) is 10.9 Å². The molecule has 5 nitrogen and oxygen atoms in total. The Balaban J connectivity index is 2.80. The lowest BCUT2D eigenvalue weighted by Crippen LogP contribution is -2.10. The third-order valence-electron chi connectivity index (χ3n) is 2.35. The molecule has 0 unspecified atom stereocenters. The lowest BCUT2D eigenvalue weighted by Gasteiger charge is -2.05. The molecule has 5 heteroatoms. The molecule has 1 heterocycles. The Morgan fingerprint density at radius 2 is 2.06 bits per heavy atom. The van der Waals surface area contributed by atoms with Crippen LogP contribution in [0.5, 0.6) is 0 Å². The standard InChI is InChI=1S/C11H9NO4/c1-16-11(15)9-6-4-5-12-8(6)3-2-7(9)10(13)14/h2-5,12H,1H3,(H,13,14). The Bertz CT molecular complexity index is 570. The number of carbonyl (C=O) groups is 2. The quantitative estimate of drug-likeness (QED) is 0.752. The van der Waals surface area contributed by atoms with Crippen molar-refractivity contribution in [2.75, 3.05) is 7.11 Å². The van der Waals surface area contributed by atoms with Gasteiger partial charge in [0, 0.05) is 17.1 Å². The molecule has 0 amide bonds. The number of carboxylic acid groups (broad SMARTS) is 1. The minimum Gasteiger partial charge on any atom is -0.478 e. The Morgan fingerprint density at radius 1 is 1.31 bits per heavy atom. The summed E-state index contributed by atoms with van der Waals surface area (Å²) in [5, 5.41) is 9.54. The number of H-pyrrole nitrogens is 1. The van der Waals surface area contributed by atoms with Crippen LogP contribution in [0.15, 0.2) is 24.4 Å². The minimum atomic E-state index is -1.15. The Morgan fingerprint density at radius 3 is 2.69 bits per heavy atom. The number of rotatable bonds is 2. The number of esters is 1. The van der Waals surface area contributed by atoms with Crippen LogP contribution in [0, 0.1) is 0 Å². The summed E-state index contributed by atoms with van der Waals surface area (Å²) in [6.45, 7) is 0. The summed E-state index contributed by atoms with van der Waals surface area (Å²) in [6.07, 6.45) is 1.64. The molecular formula is C11H9NO4. The van der Waals surface area contributed by atoms with Crippen LogP contribution in [0.1, 0.15) is 20.7 Å². The molecule has 0 spiro atoms. The molecule has 0 bridgehead atoms. The molecule has 16 heavy (non-hydrogen) atoms. The van der Waals surface area contributed by atoms with Crippen molar-refractivity contribution >= 4 is 22.8 Å². The number of ether oxygens (including phenoxy) is 1. The molecule has 0 radical (unpaired) electrons. The van der Waals surface area contributed by atoms with E-state index in [1.54, 1.807) is 18.3 Å². The molecule has 1 aromatic carbocycles. The number of carbonyl (C=O) groups excluding carboxylic acids is 1. The van der Waals surface area contributed by atoms with Gasteiger partial charge in [-0.1, -0.05) is 0 Å². The van der Waals surface area contributed by atoms with Crippen molar-refractivity contribution in [2.24, 2.45) is 0 Å². The topological polar surface area (TPSA) is 79.4 Å². The zero-order chi connectivity index (χ0) is 11.7. The van der Waals surface area contributed by atoms with Gasteiger partial charge in [-0.05, 0) is 18.2 Å². The van der Waals surface area contributed by atoms with E-state index in [-0.39, 0.29) is 11.1 Å².